The van der Waals surface area contributed by atoms with E-state index in [1.807, 2.05) is 12.2 Å². The van der Waals surface area contributed by atoms with Crippen LogP contribution in [0.2, 0.25) is 0 Å². The molecule has 0 aromatic heterocycles. The lowest BCUT2D eigenvalue weighted by Gasteiger charge is -2.14. The third-order valence-electron chi connectivity index (χ3n) is 2.70. The van der Waals surface area contributed by atoms with Gasteiger partial charge in [-0.25, -0.2) is 0 Å². The van der Waals surface area contributed by atoms with E-state index >= 15 is 0 Å². The van der Waals surface area contributed by atoms with Crippen LogP contribution in [0.25, 0.3) is 6.08 Å². The number of hydrogen-bond donors (Lipinski definition) is 0. The van der Waals surface area contributed by atoms with Crippen molar-refractivity contribution in [2.24, 2.45) is 5.41 Å². The molecule has 1 nitrogen and oxygen atoms in total. The molecule has 0 bridgehead atoms. The zero-order valence-corrected chi connectivity index (χ0v) is 13.1. The van der Waals surface area contributed by atoms with Crippen LogP contribution in [-0.4, -0.2) is 18.5 Å². The number of rotatable bonds is 5. The summed E-state index contributed by atoms with van der Waals surface area (Å²) in [5, 5.41) is 0. The molecule has 0 aliphatic heterocycles. The molecule has 0 unspecified atom stereocenters. The van der Waals surface area contributed by atoms with Crippen molar-refractivity contribution in [2.75, 3.05) is 13.6 Å². The summed E-state index contributed by atoms with van der Waals surface area (Å²) in [6.07, 6.45) is 5.93. The van der Waals surface area contributed by atoms with E-state index in [1.165, 1.54) is 11.1 Å². The van der Waals surface area contributed by atoms with E-state index in [1.54, 1.807) is 0 Å². The summed E-state index contributed by atoms with van der Waals surface area (Å²) < 4.78 is 0. The van der Waals surface area contributed by atoms with Crippen LogP contribution in [0.5, 0.6) is 0 Å². The first-order chi connectivity index (χ1) is 9.40. The highest BCUT2D eigenvalue weighted by atomic mass is 15.1. The van der Waals surface area contributed by atoms with E-state index in [2.05, 4.69) is 81.5 Å². The molecule has 0 saturated heterocycles. The molecule has 0 aliphatic rings. The first kappa shape index (κ1) is 16.3. The van der Waals surface area contributed by atoms with E-state index in [-0.39, 0.29) is 5.41 Å². The fourth-order valence-electron chi connectivity index (χ4n) is 1.74. The summed E-state index contributed by atoms with van der Waals surface area (Å²) in [6, 6.07) is 8.46. The van der Waals surface area contributed by atoms with Crippen molar-refractivity contribution in [3.63, 3.8) is 0 Å². The van der Waals surface area contributed by atoms with Crippen LogP contribution in [0.15, 0.2) is 43.0 Å². The summed E-state index contributed by atoms with van der Waals surface area (Å²) in [5.74, 6) is 6.29. The van der Waals surface area contributed by atoms with Gasteiger partial charge < -0.3 is 0 Å². The van der Waals surface area contributed by atoms with Gasteiger partial charge in [-0.15, -0.1) is 0 Å². The van der Waals surface area contributed by atoms with Gasteiger partial charge in [-0.05, 0) is 45.0 Å². The van der Waals surface area contributed by atoms with Crippen molar-refractivity contribution < 1.29 is 0 Å². The van der Waals surface area contributed by atoms with Crippen LogP contribution in [0.3, 0.4) is 0 Å². The molecule has 0 fully saturated rings. The molecule has 0 atom stereocenters. The van der Waals surface area contributed by atoms with Crippen molar-refractivity contribution in [3.8, 4) is 11.8 Å². The maximum atomic E-state index is 3.80. The number of likely N-dealkylation sites (N-methyl/N-ethyl adjacent to an activating group) is 1. The molecule has 0 heterocycles. The summed E-state index contributed by atoms with van der Waals surface area (Å²) in [6.45, 7) is 12.0. The molecule has 20 heavy (non-hydrogen) atoms. The third kappa shape index (κ3) is 6.97. The average Bonchev–Trinajstić information content (AvgIpc) is 2.37. The molecule has 1 rings (SSSR count). The first-order valence-corrected chi connectivity index (χ1v) is 6.98. The lowest BCUT2D eigenvalue weighted by Crippen LogP contribution is -2.17. The number of allylic oxidation sites excluding steroid dienone is 1. The highest BCUT2D eigenvalue weighted by Crippen LogP contribution is 2.10. The van der Waals surface area contributed by atoms with Crippen molar-refractivity contribution in [1.29, 1.82) is 0 Å². The van der Waals surface area contributed by atoms with E-state index in [0.29, 0.717) is 0 Å². The number of nitrogens with zero attached hydrogens (tertiary/aromatic N) is 1. The van der Waals surface area contributed by atoms with Crippen molar-refractivity contribution in [3.05, 3.63) is 54.1 Å². The normalized spacial score (nSPS) is 11.4. The third-order valence-corrected chi connectivity index (χ3v) is 2.70. The topological polar surface area (TPSA) is 3.24 Å². The van der Waals surface area contributed by atoms with Crippen LogP contribution < -0.4 is 0 Å². The second-order valence-electron chi connectivity index (χ2n) is 6.07. The fraction of sp³-hybridized carbons (Fsp3) is 0.368. The minimum Gasteiger partial charge on any atom is -0.298 e. The van der Waals surface area contributed by atoms with Crippen molar-refractivity contribution >= 4 is 6.08 Å². The van der Waals surface area contributed by atoms with Crippen LogP contribution in [0, 0.1) is 17.3 Å². The SMILES string of the molecule is C=Cc1cccc(CN(C)C/C=C/C#CC(C)(C)C)c1. The lowest BCUT2D eigenvalue weighted by molar-refractivity contribution is 0.363. The Bertz CT molecular complexity index is 521. The molecule has 0 amide bonds. The van der Waals surface area contributed by atoms with Crippen molar-refractivity contribution in [1.82, 2.24) is 4.90 Å². The molecule has 0 saturated carbocycles. The Morgan fingerprint density at radius 1 is 1.30 bits per heavy atom. The molecular formula is C19H25N. The Kier molecular flexibility index (Phi) is 6.28. The molecule has 0 aliphatic carbocycles. The van der Waals surface area contributed by atoms with Gasteiger partial charge in [0, 0.05) is 18.5 Å². The Labute approximate surface area is 124 Å². The molecule has 0 spiro atoms. The summed E-state index contributed by atoms with van der Waals surface area (Å²) in [4.78, 5) is 2.26. The standard InChI is InChI=1S/C19H25N/c1-6-17-11-10-12-18(15-17)16-20(5)14-9-7-8-13-19(2,3)4/h6-7,9-12,15H,1,14,16H2,2-5H3/b9-7+. The Hall–Kier alpha value is -1.78. The Morgan fingerprint density at radius 3 is 2.70 bits per heavy atom. The van der Waals surface area contributed by atoms with Gasteiger partial charge in [0.2, 0.25) is 0 Å². The van der Waals surface area contributed by atoms with Gasteiger partial charge >= 0.3 is 0 Å². The zero-order chi connectivity index (χ0) is 15.0. The Morgan fingerprint density at radius 2 is 2.05 bits per heavy atom. The zero-order valence-electron chi connectivity index (χ0n) is 13.1. The molecule has 0 radical (unpaired) electrons. The minimum atomic E-state index is 0.0708. The van der Waals surface area contributed by atoms with Crippen LogP contribution in [0.1, 0.15) is 31.9 Å². The van der Waals surface area contributed by atoms with Gasteiger partial charge in [0.15, 0.2) is 0 Å². The summed E-state index contributed by atoms with van der Waals surface area (Å²) >= 11 is 0. The summed E-state index contributed by atoms with van der Waals surface area (Å²) in [7, 11) is 2.11. The molecular weight excluding hydrogens is 242 g/mol. The predicted octanol–water partition coefficient (Wildman–Crippen LogP) is 4.37. The van der Waals surface area contributed by atoms with Gasteiger partial charge in [0.25, 0.3) is 0 Å². The minimum absolute atomic E-state index is 0.0708. The van der Waals surface area contributed by atoms with E-state index in [0.717, 1.165) is 13.1 Å². The first-order valence-electron chi connectivity index (χ1n) is 6.98. The molecule has 1 aromatic rings. The number of benzene rings is 1. The second-order valence-corrected chi connectivity index (χ2v) is 6.07. The highest BCUT2D eigenvalue weighted by Gasteiger charge is 2.02. The molecule has 106 valence electrons. The van der Waals surface area contributed by atoms with Crippen LogP contribution in [-0.2, 0) is 6.54 Å². The predicted molar refractivity (Wildman–Crippen MR) is 89.2 cm³/mol. The smallest absolute Gasteiger partial charge is 0.0234 e. The molecule has 1 heteroatoms. The van der Waals surface area contributed by atoms with Crippen LogP contribution in [0.4, 0.5) is 0 Å². The summed E-state index contributed by atoms with van der Waals surface area (Å²) in [5.41, 5.74) is 2.54. The van der Waals surface area contributed by atoms with Gasteiger partial charge in [-0.3, -0.25) is 4.90 Å². The molecule has 0 N–H and O–H groups in total. The second kappa shape index (κ2) is 7.72. The van der Waals surface area contributed by atoms with E-state index < -0.39 is 0 Å². The van der Waals surface area contributed by atoms with E-state index in [4.69, 9.17) is 0 Å². The monoisotopic (exact) mass is 267 g/mol. The maximum absolute atomic E-state index is 3.80. The average molecular weight is 267 g/mol. The van der Waals surface area contributed by atoms with Crippen LogP contribution >= 0.6 is 0 Å². The van der Waals surface area contributed by atoms with Gasteiger partial charge in [-0.1, -0.05) is 54.8 Å². The van der Waals surface area contributed by atoms with Gasteiger partial charge in [0.1, 0.15) is 0 Å². The van der Waals surface area contributed by atoms with Gasteiger partial charge in [0.05, 0.1) is 0 Å². The number of hydrogen-bond acceptors (Lipinski definition) is 1. The largest absolute Gasteiger partial charge is 0.298 e. The quantitative estimate of drug-likeness (QED) is 0.716. The lowest BCUT2D eigenvalue weighted by atomic mass is 9.98. The van der Waals surface area contributed by atoms with E-state index in [9.17, 15) is 0 Å². The van der Waals surface area contributed by atoms with Gasteiger partial charge in [-0.2, -0.15) is 0 Å². The maximum Gasteiger partial charge on any atom is 0.0234 e. The highest BCUT2D eigenvalue weighted by molar-refractivity contribution is 5.47. The Balaban J connectivity index is 2.47. The molecule has 1 aromatic carbocycles. The fourth-order valence-corrected chi connectivity index (χ4v) is 1.74. The van der Waals surface area contributed by atoms with Crippen molar-refractivity contribution in [2.45, 2.75) is 27.3 Å².